The molecule has 2 rings (SSSR count). The predicted octanol–water partition coefficient (Wildman–Crippen LogP) is 2.17. The quantitative estimate of drug-likeness (QED) is 0.669. The standard InChI is InChI=1S/C21H25N3O6/c1-6-15-17(20(27)29-5)12(2)18(23-15)21(28)30-11-16(25)22-14-9-7-13(8-10-14)19(26)24(3)4/h7-10,23H,6,11H2,1-5H3,(H,22,25). The third kappa shape index (κ3) is 5.05. The Labute approximate surface area is 174 Å². The highest BCUT2D eigenvalue weighted by Crippen LogP contribution is 2.21. The summed E-state index contributed by atoms with van der Waals surface area (Å²) in [5, 5.41) is 2.59. The number of amides is 2. The molecule has 2 N–H and O–H groups in total. The van der Waals surface area contributed by atoms with Crippen molar-refractivity contribution >= 4 is 29.4 Å². The highest BCUT2D eigenvalue weighted by atomic mass is 16.5. The van der Waals surface area contributed by atoms with E-state index in [1.807, 2.05) is 6.92 Å². The SMILES string of the molecule is CCc1[nH]c(C(=O)OCC(=O)Nc2ccc(C(=O)N(C)C)cc2)c(C)c1C(=O)OC. The molecule has 0 spiro atoms. The second kappa shape index (κ2) is 9.73. The molecule has 160 valence electrons. The molecule has 0 radical (unpaired) electrons. The Bertz CT molecular complexity index is 960. The van der Waals surface area contributed by atoms with Gasteiger partial charge in [-0.2, -0.15) is 0 Å². The summed E-state index contributed by atoms with van der Waals surface area (Å²) in [6.07, 6.45) is 0.491. The maximum atomic E-state index is 12.4. The largest absolute Gasteiger partial charge is 0.465 e. The second-order valence-electron chi connectivity index (χ2n) is 6.72. The van der Waals surface area contributed by atoms with Gasteiger partial charge < -0.3 is 24.7 Å². The molecule has 9 nitrogen and oxygen atoms in total. The number of rotatable bonds is 7. The van der Waals surface area contributed by atoms with Crippen molar-refractivity contribution in [3.05, 3.63) is 52.3 Å². The van der Waals surface area contributed by atoms with Crippen LogP contribution in [0.1, 0.15) is 49.4 Å². The average Bonchev–Trinajstić information content (AvgIpc) is 3.07. The monoisotopic (exact) mass is 415 g/mol. The van der Waals surface area contributed by atoms with Gasteiger partial charge in [0.05, 0.1) is 12.7 Å². The van der Waals surface area contributed by atoms with E-state index in [-0.39, 0.29) is 11.6 Å². The van der Waals surface area contributed by atoms with Crippen LogP contribution in [-0.2, 0) is 20.7 Å². The van der Waals surface area contributed by atoms with Crippen LogP contribution in [0.4, 0.5) is 5.69 Å². The lowest BCUT2D eigenvalue weighted by Gasteiger charge is -2.11. The molecule has 0 saturated heterocycles. The van der Waals surface area contributed by atoms with Crippen LogP contribution >= 0.6 is 0 Å². The molecule has 1 aromatic carbocycles. The molecule has 30 heavy (non-hydrogen) atoms. The van der Waals surface area contributed by atoms with Crippen molar-refractivity contribution in [1.82, 2.24) is 9.88 Å². The Balaban J connectivity index is 2.00. The molecule has 0 saturated carbocycles. The van der Waals surface area contributed by atoms with Gasteiger partial charge in [0, 0.05) is 31.0 Å². The number of ether oxygens (including phenoxy) is 2. The lowest BCUT2D eigenvalue weighted by molar-refractivity contribution is -0.119. The molecule has 0 aliphatic heterocycles. The van der Waals surface area contributed by atoms with Crippen molar-refractivity contribution in [3.63, 3.8) is 0 Å². The zero-order valence-electron chi connectivity index (χ0n) is 17.6. The van der Waals surface area contributed by atoms with Gasteiger partial charge >= 0.3 is 11.9 Å². The van der Waals surface area contributed by atoms with Crippen molar-refractivity contribution in [1.29, 1.82) is 0 Å². The van der Waals surface area contributed by atoms with Crippen LogP contribution in [0.2, 0.25) is 0 Å². The Hall–Kier alpha value is -3.62. The average molecular weight is 415 g/mol. The second-order valence-corrected chi connectivity index (χ2v) is 6.72. The number of H-pyrrole nitrogens is 1. The Kier molecular flexibility index (Phi) is 7.35. The molecule has 0 bridgehead atoms. The van der Waals surface area contributed by atoms with Crippen LogP contribution in [0.15, 0.2) is 24.3 Å². The number of nitrogens with one attached hydrogen (secondary N) is 2. The van der Waals surface area contributed by atoms with Crippen molar-refractivity contribution in [2.75, 3.05) is 33.1 Å². The van der Waals surface area contributed by atoms with Crippen LogP contribution in [0.25, 0.3) is 0 Å². The molecule has 1 heterocycles. The number of aryl methyl sites for hydroxylation is 1. The van der Waals surface area contributed by atoms with Crippen LogP contribution in [0.3, 0.4) is 0 Å². The van der Waals surface area contributed by atoms with Crippen LogP contribution in [0.5, 0.6) is 0 Å². The number of hydrogen-bond acceptors (Lipinski definition) is 6. The zero-order chi connectivity index (χ0) is 22.4. The molecule has 0 fully saturated rings. The highest BCUT2D eigenvalue weighted by Gasteiger charge is 2.24. The Morgan fingerprint density at radius 2 is 1.70 bits per heavy atom. The van der Waals surface area contributed by atoms with Crippen LogP contribution < -0.4 is 5.32 Å². The highest BCUT2D eigenvalue weighted by molar-refractivity contribution is 6.00. The summed E-state index contributed by atoms with van der Waals surface area (Å²) in [5.41, 5.74) is 2.31. The van der Waals surface area contributed by atoms with E-state index in [1.165, 1.54) is 12.0 Å². The number of anilines is 1. The number of nitrogens with zero attached hydrogens (tertiary/aromatic N) is 1. The molecular formula is C21H25N3O6. The molecule has 2 amide bonds. The first kappa shape index (κ1) is 22.7. The number of carbonyl (C=O) groups is 4. The molecule has 1 aromatic heterocycles. The number of esters is 2. The van der Waals surface area contributed by atoms with E-state index in [0.29, 0.717) is 34.5 Å². The van der Waals surface area contributed by atoms with Gasteiger partial charge in [0.15, 0.2) is 6.61 Å². The van der Waals surface area contributed by atoms with Gasteiger partial charge in [-0.25, -0.2) is 9.59 Å². The minimum atomic E-state index is -0.751. The summed E-state index contributed by atoms with van der Waals surface area (Å²) in [5.74, 6) is -1.99. The Morgan fingerprint density at radius 3 is 2.23 bits per heavy atom. The van der Waals surface area contributed by atoms with E-state index in [0.717, 1.165) is 0 Å². The number of aromatic nitrogens is 1. The van der Waals surface area contributed by atoms with Crippen molar-refractivity contribution in [3.8, 4) is 0 Å². The summed E-state index contributed by atoms with van der Waals surface area (Å²) >= 11 is 0. The van der Waals surface area contributed by atoms with Gasteiger partial charge in [0.1, 0.15) is 5.69 Å². The maximum absolute atomic E-state index is 12.4. The molecule has 9 heteroatoms. The summed E-state index contributed by atoms with van der Waals surface area (Å²) in [6, 6.07) is 6.35. The van der Waals surface area contributed by atoms with Crippen LogP contribution in [0, 0.1) is 6.92 Å². The molecule has 0 atom stereocenters. The third-order valence-electron chi connectivity index (χ3n) is 4.43. The summed E-state index contributed by atoms with van der Waals surface area (Å²) in [4.78, 5) is 52.6. The first-order valence-corrected chi connectivity index (χ1v) is 9.28. The van der Waals surface area contributed by atoms with E-state index in [4.69, 9.17) is 9.47 Å². The lowest BCUT2D eigenvalue weighted by Crippen LogP contribution is -2.22. The lowest BCUT2D eigenvalue weighted by atomic mass is 10.1. The summed E-state index contributed by atoms with van der Waals surface area (Å²) in [6.45, 7) is 2.93. The predicted molar refractivity (Wildman–Crippen MR) is 110 cm³/mol. The topological polar surface area (TPSA) is 118 Å². The van der Waals surface area contributed by atoms with Gasteiger partial charge in [-0.3, -0.25) is 9.59 Å². The minimum Gasteiger partial charge on any atom is -0.465 e. The maximum Gasteiger partial charge on any atom is 0.355 e. The van der Waals surface area contributed by atoms with Gasteiger partial charge in [-0.05, 0) is 43.2 Å². The van der Waals surface area contributed by atoms with E-state index in [9.17, 15) is 19.2 Å². The number of carbonyl (C=O) groups excluding carboxylic acids is 4. The van der Waals surface area contributed by atoms with E-state index >= 15 is 0 Å². The van der Waals surface area contributed by atoms with Gasteiger partial charge in [0.25, 0.3) is 11.8 Å². The van der Waals surface area contributed by atoms with E-state index in [2.05, 4.69) is 10.3 Å². The summed E-state index contributed by atoms with van der Waals surface area (Å²) < 4.78 is 9.82. The van der Waals surface area contributed by atoms with Crippen LogP contribution in [-0.4, -0.2) is 61.4 Å². The fraction of sp³-hybridized carbons (Fsp3) is 0.333. The molecule has 2 aromatic rings. The van der Waals surface area contributed by atoms with Gasteiger partial charge in [0.2, 0.25) is 0 Å². The zero-order valence-corrected chi connectivity index (χ0v) is 17.6. The van der Waals surface area contributed by atoms with Crippen molar-refractivity contribution < 1.29 is 28.7 Å². The fourth-order valence-corrected chi connectivity index (χ4v) is 2.86. The first-order chi connectivity index (χ1) is 14.2. The molecule has 0 unspecified atom stereocenters. The molecule has 0 aliphatic carbocycles. The van der Waals surface area contributed by atoms with Crippen molar-refractivity contribution in [2.45, 2.75) is 20.3 Å². The Morgan fingerprint density at radius 1 is 1.07 bits per heavy atom. The number of hydrogen-bond donors (Lipinski definition) is 2. The minimum absolute atomic E-state index is 0.103. The van der Waals surface area contributed by atoms with Gasteiger partial charge in [-0.15, -0.1) is 0 Å². The number of benzene rings is 1. The normalized spacial score (nSPS) is 10.3. The number of aromatic amines is 1. The fourth-order valence-electron chi connectivity index (χ4n) is 2.86. The van der Waals surface area contributed by atoms with Gasteiger partial charge in [-0.1, -0.05) is 6.92 Å². The smallest absolute Gasteiger partial charge is 0.355 e. The molecular weight excluding hydrogens is 390 g/mol. The summed E-state index contributed by atoms with van der Waals surface area (Å²) in [7, 11) is 4.56. The molecule has 0 aliphatic rings. The first-order valence-electron chi connectivity index (χ1n) is 9.28. The van der Waals surface area contributed by atoms with Crippen molar-refractivity contribution in [2.24, 2.45) is 0 Å². The van der Waals surface area contributed by atoms with E-state index in [1.54, 1.807) is 45.3 Å². The third-order valence-corrected chi connectivity index (χ3v) is 4.43. The number of methoxy groups -OCH3 is 1. The van der Waals surface area contributed by atoms with E-state index < -0.39 is 24.5 Å².